The third kappa shape index (κ3) is 4.20. The second-order valence-corrected chi connectivity index (χ2v) is 6.00. The van der Waals surface area contributed by atoms with Crippen LogP contribution in [0.3, 0.4) is 0 Å². The van der Waals surface area contributed by atoms with Gasteiger partial charge in [0.15, 0.2) is 5.71 Å². The molecule has 1 aromatic heterocycles. The van der Waals surface area contributed by atoms with Crippen molar-refractivity contribution in [3.63, 3.8) is 0 Å². The van der Waals surface area contributed by atoms with Crippen molar-refractivity contribution >= 4 is 11.6 Å². The summed E-state index contributed by atoms with van der Waals surface area (Å²) in [5, 5.41) is 11.0. The lowest BCUT2D eigenvalue weighted by Crippen LogP contribution is -2.29. The van der Waals surface area contributed by atoms with Crippen molar-refractivity contribution in [1.82, 2.24) is 15.1 Å². The maximum absolute atomic E-state index is 12.2. The first-order chi connectivity index (χ1) is 13.6. The zero-order chi connectivity index (χ0) is 19.9. The van der Waals surface area contributed by atoms with Crippen LogP contribution in [0.25, 0.3) is 11.3 Å². The molecule has 0 saturated heterocycles. The third-order valence-corrected chi connectivity index (χ3v) is 4.18. The number of ether oxygens (including phenoxy) is 1. The predicted molar refractivity (Wildman–Crippen MR) is 107 cm³/mol. The first kappa shape index (κ1) is 19.2. The molecule has 1 N–H and O–H groups in total. The highest BCUT2D eigenvalue weighted by atomic mass is 16.6. The Morgan fingerprint density at radius 2 is 1.86 bits per heavy atom. The number of aromatic nitrogens is 2. The molecule has 0 aliphatic carbocycles. The van der Waals surface area contributed by atoms with Crippen LogP contribution in [0.1, 0.15) is 11.1 Å². The van der Waals surface area contributed by atoms with Crippen LogP contribution in [0.5, 0.6) is 5.88 Å². The van der Waals surface area contributed by atoms with Gasteiger partial charge in [0.1, 0.15) is 13.7 Å². The number of hydrogen-bond donors (Lipinski definition) is 1. The van der Waals surface area contributed by atoms with Crippen molar-refractivity contribution in [2.24, 2.45) is 12.2 Å². The number of oxime groups is 1. The highest BCUT2D eigenvalue weighted by Gasteiger charge is 2.18. The maximum Gasteiger partial charge on any atom is 0.273 e. The molecule has 1 amide bonds. The topological polar surface area (TPSA) is 77.7 Å². The van der Waals surface area contributed by atoms with E-state index in [0.29, 0.717) is 11.4 Å². The Kier molecular flexibility index (Phi) is 6.06. The first-order valence-corrected chi connectivity index (χ1v) is 8.77. The van der Waals surface area contributed by atoms with Gasteiger partial charge in [0, 0.05) is 31.3 Å². The minimum Gasteiger partial charge on any atom is -0.473 e. The van der Waals surface area contributed by atoms with Crippen molar-refractivity contribution in [2.45, 2.75) is 6.61 Å². The fourth-order valence-corrected chi connectivity index (χ4v) is 2.79. The largest absolute Gasteiger partial charge is 0.473 e. The van der Waals surface area contributed by atoms with Crippen LogP contribution in [0.2, 0.25) is 0 Å². The average molecular weight is 378 g/mol. The molecule has 3 rings (SSSR count). The number of nitrogens with zero attached hydrogens (tertiary/aromatic N) is 3. The molecule has 2 aromatic carbocycles. The van der Waals surface area contributed by atoms with Gasteiger partial charge in [-0.25, -0.2) is 4.68 Å². The molecule has 0 atom stereocenters. The van der Waals surface area contributed by atoms with E-state index in [1.165, 1.54) is 7.11 Å². The van der Waals surface area contributed by atoms with Gasteiger partial charge in [-0.3, -0.25) is 4.79 Å². The molecule has 0 unspecified atom stereocenters. The van der Waals surface area contributed by atoms with Gasteiger partial charge >= 0.3 is 0 Å². The Morgan fingerprint density at radius 1 is 1.14 bits per heavy atom. The predicted octanol–water partition coefficient (Wildman–Crippen LogP) is 2.76. The van der Waals surface area contributed by atoms with Crippen LogP contribution < -0.4 is 10.1 Å². The third-order valence-electron chi connectivity index (χ3n) is 4.18. The Balaban J connectivity index is 1.84. The first-order valence-electron chi connectivity index (χ1n) is 8.77. The van der Waals surface area contributed by atoms with Gasteiger partial charge < -0.3 is 14.9 Å². The second kappa shape index (κ2) is 8.85. The smallest absolute Gasteiger partial charge is 0.273 e. The molecule has 0 aliphatic rings. The van der Waals surface area contributed by atoms with Gasteiger partial charge in [-0.2, -0.15) is 5.10 Å². The van der Waals surface area contributed by atoms with Crippen LogP contribution in [-0.4, -0.2) is 35.6 Å². The molecule has 0 aliphatic heterocycles. The number of amides is 1. The van der Waals surface area contributed by atoms with Gasteiger partial charge in [0.25, 0.3) is 5.91 Å². The number of hydrogen-bond acceptors (Lipinski definition) is 5. The summed E-state index contributed by atoms with van der Waals surface area (Å²) >= 11 is 0. The summed E-state index contributed by atoms with van der Waals surface area (Å²) in [6.07, 6.45) is 0. The number of nitrogens with one attached hydrogen (secondary N) is 1. The quantitative estimate of drug-likeness (QED) is 0.507. The normalized spacial score (nSPS) is 11.2. The van der Waals surface area contributed by atoms with Crippen LogP contribution in [0.15, 0.2) is 65.8 Å². The summed E-state index contributed by atoms with van der Waals surface area (Å²) in [6, 6.07) is 19.2. The Hall–Kier alpha value is -3.61. The van der Waals surface area contributed by atoms with E-state index in [0.717, 1.165) is 16.8 Å². The van der Waals surface area contributed by atoms with Gasteiger partial charge in [0.05, 0.1) is 5.69 Å². The molecule has 1 heterocycles. The van der Waals surface area contributed by atoms with Crippen LogP contribution in [-0.2, 0) is 23.3 Å². The summed E-state index contributed by atoms with van der Waals surface area (Å²) < 4.78 is 7.67. The Bertz CT molecular complexity index is 980. The molecular weight excluding hydrogens is 356 g/mol. The van der Waals surface area contributed by atoms with Crippen molar-refractivity contribution in [3.05, 3.63) is 71.8 Å². The molecule has 0 saturated carbocycles. The van der Waals surface area contributed by atoms with Crippen molar-refractivity contribution in [3.8, 4) is 17.1 Å². The minimum atomic E-state index is -0.332. The zero-order valence-corrected chi connectivity index (χ0v) is 16.0. The number of carbonyl (C=O) groups is 1. The maximum atomic E-state index is 12.2. The fraction of sp³-hybridized carbons (Fsp3) is 0.190. The van der Waals surface area contributed by atoms with E-state index in [9.17, 15) is 4.79 Å². The fourth-order valence-electron chi connectivity index (χ4n) is 2.79. The zero-order valence-electron chi connectivity index (χ0n) is 16.0. The van der Waals surface area contributed by atoms with E-state index in [4.69, 9.17) is 9.57 Å². The van der Waals surface area contributed by atoms with Gasteiger partial charge in [-0.05, 0) is 5.56 Å². The number of likely N-dealkylation sites (N-methyl/N-ethyl adjacent to an activating group) is 1. The van der Waals surface area contributed by atoms with Crippen LogP contribution in [0.4, 0.5) is 0 Å². The standard InChI is InChI=1S/C21H22N4O3/c1-22-21(26)20(24-27-3)17-12-8-7-11-16(17)14-28-19-13-18(23-25(19)2)15-9-5-4-6-10-15/h4-13H,14H2,1-3H3,(H,22,26)/b24-20+. The van der Waals surface area contributed by atoms with Crippen molar-refractivity contribution < 1.29 is 14.4 Å². The number of aryl methyl sites for hydroxylation is 1. The second-order valence-electron chi connectivity index (χ2n) is 6.00. The molecule has 0 radical (unpaired) electrons. The summed E-state index contributed by atoms with van der Waals surface area (Å²) in [7, 11) is 4.78. The molecule has 0 bridgehead atoms. The number of rotatable bonds is 7. The number of carbonyl (C=O) groups excluding carboxylic acids is 1. The lowest BCUT2D eigenvalue weighted by atomic mass is 10.0. The molecule has 144 valence electrons. The lowest BCUT2D eigenvalue weighted by Gasteiger charge is -2.12. The van der Waals surface area contributed by atoms with Crippen LogP contribution >= 0.6 is 0 Å². The Labute approximate surface area is 163 Å². The van der Waals surface area contributed by atoms with E-state index in [1.807, 2.05) is 67.7 Å². The van der Waals surface area contributed by atoms with Gasteiger partial charge in [-0.15, -0.1) is 0 Å². The van der Waals surface area contributed by atoms with Crippen LogP contribution in [0, 0.1) is 0 Å². The average Bonchev–Trinajstić information content (AvgIpc) is 3.11. The molecule has 7 nitrogen and oxygen atoms in total. The van der Waals surface area contributed by atoms with E-state index in [1.54, 1.807) is 11.7 Å². The van der Waals surface area contributed by atoms with Gasteiger partial charge in [0.2, 0.25) is 5.88 Å². The molecule has 0 fully saturated rings. The highest BCUT2D eigenvalue weighted by Crippen LogP contribution is 2.23. The number of benzene rings is 2. The molecular formula is C21H22N4O3. The van der Waals surface area contributed by atoms with Gasteiger partial charge in [-0.1, -0.05) is 59.8 Å². The van der Waals surface area contributed by atoms with E-state index in [2.05, 4.69) is 15.6 Å². The molecule has 3 aromatic rings. The SMILES string of the molecule is CNC(=O)/C(=N/OC)c1ccccc1COc1cc(-c2ccccc2)nn1C. The van der Waals surface area contributed by atoms with E-state index < -0.39 is 0 Å². The molecule has 7 heteroatoms. The highest BCUT2D eigenvalue weighted by molar-refractivity contribution is 6.45. The monoisotopic (exact) mass is 378 g/mol. The molecule has 28 heavy (non-hydrogen) atoms. The van der Waals surface area contributed by atoms with E-state index >= 15 is 0 Å². The summed E-state index contributed by atoms with van der Waals surface area (Å²) in [5.74, 6) is 0.292. The summed E-state index contributed by atoms with van der Waals surface area (Å²) in [6.45, 7) is 0.254. The molecule has 0 spiro atoms. The lowest BCUT2D eigenvalue weighted by molar-refractivity contribution is -0.114. The minimum absolute atomic E-state index is 0.194. The van der Waals surface area contributed by atoms with E-state index in [-0.39, 0.29) is 18.2 Å². The summed E-state index contributed by atoms with van der Waals surface area (Å²) in [5.41, 5.74) is 3.50. The van der Waals surface area contributed by atoms with Crippen molar-refractivity contribution in [2.75, 3.05) is 14.2 Å². The Morgan fingerprint density at radius 3 is 2.57 bits per heavy atom. The van der Waals surface area contributed by atoms with Crippen molar-refractivity contribution in [1.29, 1.82) is 0 Å². The summed E-state index contributed by atoms with van der Waals surface area (Å²) in [4.78, 5) is 17.0.